The molecule has 0 unspecified atom stereocenters. The van der Waals surface area contributed by atoms with Crippen LogP contribution in [0.4, 0.5) is 0 Å². The Morgan fingerprint density at radius 3 is 2.83 bits per heavy atom. The number of ether oxygens (including phenoxy) is 1. The fourth-order valence-electron chi connectivity index (χ4n) is 2.80. The molecule has 3 rings (SSSR count). The maximum absolute atomic E-state index is 5.57. The third-order valence-electron chi connectivity index (χ3n) is 3.96. The Balaban J connectivity index is 1.59. The molecule has 24 heavy (non-hydrogen) atoms. The largest absolute Gasteiger partial charge is 0.481 e. The number of nitrogens with zero attached hydrogens (tertiary/aromatic N) is 2. The molecular formula is C20H21N3O. The molecule has 0 radical (unpaired) electrons. The second-order valence-corrected chi connectivity index (χ2v) is 5.58. The van der Waals surface area contributed by atoms with Gasteiger partial charge in [-0.25, -0.2) is 4.98 Å². The first kappa shape index (κ1) is 16.1. The Hall–Kier alpha value is -2.77. The summed E-state index contributed by atoms with van der Waals surface area (Å²) in [6.45, 7) is 4.80. The van der Waals surface area contributed by atoms with Gasteiger partial charge in [0.15, 0.2) is 0 Å². The van der Waals surface area contributed by atoms with Crippen molar-refractivity contribution >= 4 is 11.0 Å². The van der Waals surface area contributed by atoms with E-state index >= 15 is 0 Å². The molecule has 1 aromatic heterocycles. The van der Waals surface area contributed by atoms with Gasteiger partial charge in [-0.05, 0) is 25.1 Å². The predicted octanol–water partition coefficient (Wildman–Crippen LogP) is 3.15. The zero-order chi connectivity index (χ0) is 16.8. The van der Waals surface area contributed by atoms with E-state index in [-0.39, 0.29) is 6.61 Å². The van der Waals surface area contributed by atoms with E-state index in [1.807, 2.05) is 43.3 Å². The van der Waals surface area contributed by atoms with E-state index < -0.39 is 0 Å². The van der Waals surface area contributed by atoms with Gasteiger partial charge in [-0.15, -0.1) is 6.42 Å². The minimum atomic E-state index is 0.289. The molecular weight excluding hydrogens is 298 g/mol. The lowest BCUT2D eigenvalue weighted by molar-refractivity contribution is 0.364. The summed E-state index contributed by atoms with van der Waals surface area (Å²) in [5.41, 5.74) is 3.33. The number of nitrogens with one attached hydrogen (secondary N) is 1. The van der Waals surface area contributed by atoms with Crippen LogP contribution in [0.3, 0.4) is 0 Å². The van der Waals surface area contributed by atoms with Crippen molar-refractivity contribution in [2.45, 2.75) is 20.0 Å². The standard InChI is InChI=1S/C20H21N3O/c1-3-14-24-20-11-7-4-8-17(20)15-21-12-13-23-16(2)22-18-9-5-6-10-19(18)23/h1,4-11,21H,12-15H2,2H3. The molecule has 2 aromatic carbocycles. The summed E-state index contributed by atoms with van der Waals surface area (Å²) >= 11 is 0. The van der Waals surface area contributed by atoms with Crippen LogP contribution in [0.1, 0.15) is 11.4 Å². The minimum absolute atomic E-state index is 0.289. The average Bonchev–Trinajstić information content (AvgIpc) is 2.93. The van der Waals surface area contributed by atoms with Crippen molar-refractivity contribution in [3.05, 3.63) is 59.9 Å². The lowest BCUT2D eigenvalue weighted by Crippen LogP contribution is -2.20. The summed E-state index contributed by atoms with van der Waals surface area (Å²) in [5.74, 6) is 4.38. The number of hydrogen-bond donors (Lipinski definition) is 1. The number of rotatable bonds is 7. The van der Waals surface area contributed by atoms with Gasteiger partial charge in [-0.3, -0.25) is 0 Å². The van der Waals surface area contributed by atoms with Gasteiger partial charge in [-0.1, -0.05) is 36.3 Å². The molecule has 0 bridgehead atoms. The Labute approximate surface area is 142 Å². The maximum Gasteiger partial charge on any atom is 0.148 e. The molecule has 1 heterocycles. The molecule has 122 valence electrons. The molecule has 0 amide bonds. The van der Waals surface area contributed by atoms with Crippen LogP contribution in [0.15, 0.2) is 48.5 Å². The van der Waals surface area contributed by atoms with E-state index in [2.05, 4.69) is 32.9 Å². The predicted molar refractivity (Wildman–Crippen MR) is 96.9 cm³/mol. The van der Waals surface area contributed by atoms with Gasteiger partial charge in [0, 0.05) is 25.2 Å². The minimum Gasteiger partial charge on any atom is -0.481 e. The van der Waals surface area contributed by atoms with Crippen molar-refractivity contribution in [1.82, 2.24) is 14.9 Å². The molecule has 0 saturated carbocycles. The smallest absolute Gasteiger partial charge is 0.148 e. The van der Waals surface area contributed by atoms with Crippen LogP contribution in [-0.4, -0.2) is 22.7 Å². The van der Waals surface area contributed by atoms with Crippen LogP contribution >= 0.6 is 0 Å². The lowest BCUT2D eigenvalue weighted by Gasteiger charge is -2.11. The Kier molecular flexibility index (Phi) is 5.15. The van der Waals surface area contributed by atoms with E-state index in [1.54, 1.807) is 0 Å². The number of imidazole rings is 1. The number of aryl methyl sites for hydroxylation is 1. The number of fused-ring (bicyclic) bond motifs is 1. The van der Waals surface area contributed by atoms with E-state index in [0.29, 0.717) is 0 Å². The Morgan fingerprint density at radius 2 is 1.96 bits per heavy atom. The average molecular weight is 319 g/mol. The van der Waals surface area contributed by atoms with Gasteiger partial charge in [0.1, 0.15) is 18.2 Å². The molecule has 0 aliphatic carbocycles. The molecule has 1 N–H and O–H groups in total. The van der Waals surface area contributed by atoms with Crippen LogP contribution in [0, 0.1) is 19.3 Å². The van der Waals surface area contributed by atoms with Crippen molar-refractivity contribution in [3.63, 3.8) is 0 Å². The second-order valence-electron chi connectivity index (χ2n) is 5.58. The van der Waals surface area contributed by atoms with E-state index in [1.165, 1.54) is 5.52 Å². The summed E-state index contributed by atoms with van der Waals surface area (Å²) in [4.78, 5) is 4.59. The SMILES string of the molecule is C#CCOc1ccccc1CNCCn1c(C)nc2ccccc21. The number of hydrogen-bond acceptors (Lipinski definition) is 3. The van der Waals surface area contributed by atoms with Crippen LogP contribution < -0.4 is 10.1 Å². The van der Waals surface area contributed by atoms with Crippen LogP contribution in [-0.2, 0) is 13.1 Å². The van der Waals surface area contributed by atoms with Crippen LogP contribution in [0.2, 0.25) is 0 Å². The quantitative estimate of drug-likeness (QED) is 0.537. The highest BCUT2D eigenvalue weighted by molar-refractivity contribution is 5.75. The van der Waals surface area contributed by atoms with Gasteiger partial charge in [-0.2, -0.15) is 0 Å². The monoisotopic (exact) mass is 319 g/mol. The summed E-state index contributed by atoms with van der Waals surface area (Å²) < 4.78 is 7.81. The molecule has 4 heteroatoms. The third kappa shape index (κ3) is 3.58. The van der Waals surface area contributed by atoms with Crippen LogP contribution in [0.5, 0.6) is 5.75 Å². The number of aromatic nitrogens is 2. The highest BCUT2D eigenvalue weighted by Gasteiger charge is 2.06. The second kappa shape index (κ2) is 7.67. The van der Waals surface area contributed by atoms with E-state index in [4.69, 9.17) is 11.2 Å². The van der Waals surface area contributed by atoms with E-state index in [9.17, 15) is 0 Å². The Bertz CT molecular complexity index is 861. The first-order valence-corrected chi connectivity index (χ1v) is 8.06. The molecule has 0 spiro atoms. The fraction of sp³-hybridized carbons (Fsp3) is 0.250. The molecule has 0 fully saturated rings. The fourth-order valence-corrected chi connectivity index (χ4v) is 2.80. The first-order valence-electron chi connectivity index (χ1n) is 8.06. The first-order chi connectivity index (χ1) is 11.8. The highest BCUT2D eigenvalue weighted by Crippen LogP contribution is 2.18. The van der Waals surface area contributed by atoms with Gasteiger partial charge in [0.2, 0.25) is 0 Å². The van der Waals surface area contributed by atoms with Crippen molar-refractivity contribution in [1.29, 1.82) is 0 Å². The lowest BCUT2D eigenvalue weighted by atomic mass is 10.2. The zero-order valence-corrected chi connectivity index (χ0v) is 13.8. The van der Waals surface area contributed by atoms with Gasteiger partial charge in [0.25, 0.3) is 0 Å². The van der Waals surface area contributed by atoms with Crippen molar-refractivity contribution < 1.29 is 4.74 Å². The molecule has 3 aromatic rings. The van der Waals surface area contributed by atoms with Crippen molar-refractivity contribution in [3.8, 4) is 18.1 Å². The number of terminal acetylenes is 1. The van der Waals surface area contributed by atoms with E-state index in [0.717, 1.165) is 42.3 Å². The van der Waals surface area contributed by atoms with Gasteiger partial charge < -0.3 is 14.6 Å². The maximum atomic E-state index is 5.57. The van der Waals surface area contributed by atoms with Crippen molar-refractivity contribution in [2.75, 3.05) is 13.2 Å². The van der Waals surface area contributed by atoms with Gasteiger partial charge >= 0.3 is 0 Å². The molecule has 0 saturated heterocycles. The molecule has 4 nitrogen and oxygen atoms in total. The molecule has 0 aliphatic rings. The third-order valence-corrected chi connectivity index (χ3v) is 3.96. The summed E-state index contributed by atoms with van der Waals surface area (Å²) in [7, 11) is 0. The summed E-state index contributed by atoms with van der Waals surface area (Å²) in [6, 6.07) is 16.2. The molecule has 0 atom stereocenters. The Morgan fingerprint density at radius 1 is 1.17 bits per heavy atom. The molecule has 0 aliphatic heterocycles. The topological polar surface area (TPSA) is 39.1 Å². The highest BCUT2D eigenvalue weighted by atomic mass is 16.5. The van der Waals surface area contributed by atoms with Gasteiger partial charge in [0.05, 0.1) is 11.0 Å². The number of benzene rings is 2. The number of para-hydroxylation sites is 3. The normalized spacial score (nSPS) is 10.7. The zero-order valence-electron chi connectivity index (χ0n) is 13.8. The van der Waals surface area contributed by atoms with Crippen LogP contribution in [0.25, 0.3) is 11.0 Å². The summed E-state index contributed by atoms with van der Waals surface area (Å²) in [6.07, 6.45) is 5.26. The summed E-state index contributed by atoms with van der Waals surface area (Å²) in [5, 5.41) is 3.47. The van der Waals surface area contributed by atoms with Crippen molar-refractivity contribution in [2.24, 2.45) is 0 Å².